The third kappa shape index (κ3) is 1.75. The van der Waals surface area contributed by atoms with Crippen LogP contribution >= 0.6 is 0 Å². The molecular formula is C12H18N+. The average molecular weight is 176 g/mol. The van der Waals surface area contributed by atoms with Crippen molar-refractivity contribution < 1.29 is 4.48 Å². The summed E-state index contributed by atoms with van der Waals surface area (Å²) in [5.74, 6) is 0.807. The molecule has 0 aliphatic heterocycles. The van der Waals surface area contributed by atoms with Gasteiger partial charge in [-0.3, -0.25) is 0 Å². The fourth-order valence-corrected chi connectivity index (χ4v) is 2.10. The van der Waals surface area contributed by atoms with Gasteiger partial charge < -0.3 is 4.48 Å². The van der Waals surface area contributed by atoms with E-state index in [1.54, 1.807) is 0 Å². The molecule has 1 aliphatic carbocycles. The first-order chi connectivity index (χ1) is 6.09. The second-order valence-electron chi connectivity index (χ2n) is 4.94. The Morgan fingerprint density at radius 3 is 2.15 bits per heavy atom. The van der Waals surface area contributed by atoms with E-state index in [0.29, 0.717) is 0 Å². The summed E-state index contributed by atoms with van der Waals surface area (Å²) in [5.41, 5.74) is 1.51. The van der Waals surface area contributed by atoms with Crippen LogP contribution in [0.15, 0.2) is 30.3 Å². The molecule has 0 amide bonds. The predicted octanol–water partition coefficient (Wildman–Crippen LogP) is 2.25. The van der Waals surface area contributed by atoms with Crippen LogP contribution in [0.4, 0.5) is 0 Å². The van der Waals surface area contributed by atoms with E-state index in [2.05, 4.69) is 51.5 Å². The van der Waals surface area contributed by atoms with Gasteiger partial charge in [0.2, 0.25) is 0 Å². The molecule has 1 saturated carbocycles. The van der Waals surface area contributed by atoms with Gasteiger partial charge >= 0.3 is 0 Å². The molecule has 1 aromatic rings. The summed E-state index contributed by atoms with van der Waals surface area (Å²) in [7, 11) is 6.86. The Balaban J connectivity index is 2.09. The van der Waals surface area contributed by atoms with Gasteiger partial charge in [0.05, 0.1) is 27.2 Å². The lowest BCUT2D eigenvalue weighted by Gasteiger charge is -2.24. The minimum Gasteiger partial charge on any atom is -0.328 e. The molecule has 1 aliphatic rings. The standard InChI is InChI=1S/C12H18N/c1-13(2,3)12-9-11(12)10-7-5-4-6-8-10/h4-8,11-12H,9H2,1-3H3/q+1/t11-,12+/m0/s1. The Morgan fingerprint density at radius 1 is 1.08 bits per heavy atom. The van der Waals surface area contributed by atoms with Gasteiger partial charge in [0.25, 0.3) is 0 Å². The van der Waals surface area contributed by atoms with Crippen molar-refractivity contribution in [2.24, 2.45) is 0 Å². The predicted molar refractivity (Wildman–Crippen MR) is 55.6 cm³/mol. The lowest BCUT2D eigenvalue weighted by atomic mass is 10.1. The Bertz CT molecular complexity index is 284. The van der Waals surface area contributed by atoms with Crippen LogP contribution in [0.3, 0.4) is 0 Å². The molecule has 2 atom stereocenters. The van der Waals surface area contributed by atoms with Crippen molar-refractivity contribution in [1.82, 2.24) is 0 Å². The minimum atomic E-state index is 0.807. The van der Waals surface area contributed by atoms with Crippen molar-refractivity contribution >= 4 is 0 Å². The van der Waals surface area contributed by atoms with Crippen LogP contribution in [0, 0.1) is 0 Å². The van der Waals surface area contributed by atoms with Gasteiger partial charge in [-0.05, 0) is 5.56 Å². The van der Waals surface area contributed by atoms with Crippen molar-refractivity contribution in [1.29, 1.82) is 0 Å². The fourth-order valence-electron chi connectivity index (χ4n) is 2.10. The van der Waals surface area contributed by atoms with Gasteiger partial charge in [0.15, 0.2) is 0 Å². The first kappa shape index (κ1) is 8.76. The topological polar surface area (TPSA) is 0 Å². The zero-order valence-corrected chi connectivity index (χ0v) is 8.70. The van der Waals surface area contributed by atoms with E-state index < -0.39 is 0 Å². The van der Waals surface area contributed by atoms with Crippen molar-refractivity contribution in [2.75, 3.05) is 21.1 Å². The van der Waals surface area contributed by atoms with Crippen LogP contribution < -0.4 is 0 Å². The fraction of sp³-hybridized carbons (Fsp3) is 0.500. The summed E-state index contributed by atoms with van der Waals surface area (Å²) >= 11 is 0. The molecule has 2 rings (SSSR count). The quantitative estimate of drug-likeness (QED) is 0.606. The van der Waals surface area contributed by atoms with Gasteiger partial charge in [0, 0.05) is 12.3 Å². The Hall–Kier alpha value is -0.820. The number of hydrogen-bond donors (Lipinski definition) is 0. The van der Waals surface area contributed by atoms with Crippen molar-refractivity contribution in [3.05, 3.63) is 35.9 Å². The van der Waals surface area contributed by atoms with E-state index in [-0.39, 0.29) is 0 Å². The molecule has 1 aromatic carbocycles. The van der Waals surface area contributed by atoms with Gasteiger partial charge in [-0.15, -0.1) is 0 Å². The third-order valence-electron chi connectivity index (χ3n) is 2.98. The van der Waals surface area contributed by atoms with Gasteiger partial charge in [0.1, 0.15) is 0 Å². The highest BCUT2D eigenvalue weighted by molar-refractivity contribution is 5.26. The summed E-state index contributed by atoms with van der Waals surface area (Å²) in [6, 6.07) is 11.7. The van der Waals surface area contributed by atoms with E-state index in [4.69, 9.17) is 0 Å². The molecule has 1 heteroatoms. The number of hydrogen-bond acceptors (Lipinski definition) is 0. The molecule has 0 saturated heterocycles. The molecular weight excluding hydrogens is 158 g/mol. The highest BCUT2D eigenvalue weighted by Gasteiger charge is 2.48. The average Bonchev–Trinajstić information content (AvgIpc) is 2.83. The van der Waals surface area contributed by atoms with Crippen molar-refractivity contribution in [2.45, 2.75) is 18.4 Å². The summed E-state index contributed by atoms with van der Waals surface area (Å²) < 4.78 is 1.10. The molecule has 1 fully saturated rings. The first-order valence-electron chi connectivity index (χ1n) is 4.95. The lowest BCUT2D eigenvalue weighted by molar-refractivity contribution is -0.882. The van der Waals surface area contributed by atoms with Crippen LogP contribution in [0.5, 0.6) is 0 Å². The Morgan fingerprint density at radius 2 is 1.69 bits per heavy atom. The number of likely N-dealkylation sites (N-methyl/N-ethyl adjacent to an activating group) is 1. The highest BCUT2D eigenvalue weighted by atomic mass is 15.3. The Kier molecular flexibility index (Phi) is 1.92. The molecule has 70 valence electrons. The second-order valence-corrected chi connectivity index (χ2v) is 4.94. The molecule has 0 unspecified atom stereocenters. The molecule has 0 radical (unpaired) electrons. The third-order valence-corrected chi connectivity index (χ3v) is 2.98. The maximum Gasteiger partial charge on any atom is 0.0964 e. The number of nitrogens with zero attached hydrogens (tertiary/aromatic N) is 1. The van der Waals surface area contributed by atoms with E-state index in [0.717, 1.165) is 16.4 Å². The van der Waals surface area contributed by atoms with Crippen molar-refractivity contribution in [3.63, 3.8) is 0 Å². The van der Waals surface area contributed by atoms with E-state index in [9.17, 15) is 0 Å². The summed E-state index contributed by atoms with van der Waals surface area (Å²) in [6.45, 7) is 0. The highest BCUT2D eigenvalue weighted by Crippen LogP contribution is 2.45. The SMILES string of the molecule is C[N+](C)(C)[C@@H]1C[C@H]1c1ccccc1. The largest absolute Gasteiger partial charge is 0.328 e. The first-order valence-corrected chi connectivity index (χ1v) is 4.95. The van der Waals surface area contributed by atoms with E-state index in [1.807, 2.05) is 0 Å². The zero-order chi connectivity index (χ0) is 9.47. The summed E-state index contributed by atoms with van der Waals surface area (Å²) in [4.78, 5) is 0. The Labute approximate surface area is 80.6 Å². The van der Waals surface area contributed by atoms with Crippen LogP contribution in [0.25, 0.3) is 0 Å². The van der Waals surface area contributed by atoms with E-state index >= 15 is 0 Å². The zero-order valence-electron chi connectivity index (χ0n) is 8.70. The molecule has 13 heavy (non-hydrogen) atoms. The molecule has 0 N–H and O–H groups in total. The van der Waals surface area contributed by atoms with E-state index in [1.165, 1.54) is 12.0 Å². The molecule has 0 aromatic heterocycles. The monoisotopic (exact) mass is 176 g/mol. The summed E-state index contributed by atoms with van der Waals surface area (Å²) in [6.07, 6.45) is 1.35. The van der Waals surface area contributed by atoms with Gasteiger partial charge in [-0.25, -0.2) is 0 Å². The van der Waals surface area contributed by atoms with Gasteiger partial charge in [-0.1, -0.05) is 30.3 Å². The molecule has 0 spiro atoms. The van der Waals surface area contributed by atoms with Crippen LogP contribution in [0.2, 0.25) is 0 Å². The van der Waals surface area contributed by atoms with Gasteiger partial charge in [-0.2, -0.15) is 0 Å². The maximum absolute atomic E-state index is 2.29. The van der Waals surface area contributed by atoms with Crippen LogP contribution in [0.1, 0.15) is 17.9 Å². The number of quaternary nitrogens is 1. The smallest absolute Gasteiger partial charge is 0.0964 e. The lowest BCUT2D eigenvalue weighted by Crippen LogP contribution is -2.37. The molecule has 0 heterocycles. The second kappa shape index (κ2) is 2.85. The van der Waals surface area contributed by atoms with Crippen LogP contribution in [-0.2, 0) is 0 Å². The molecule has 1 nitrogen and oxygen atoms in total. The van der Waals surface area contributed by atoms with Crippen LogP contribution in [-0.4, -0.2) is 31.7 Å². The molecule has 0 bridgehead atoms. The maximum atomic E-state index is 2.29. The van der Waals surface area contributed by atoms with Crippen molar-refractivity contribution in [3.8, 4) is 0 Å². The minimum absolute atomic E-state index is 0.807. The number of benzene rings is 1. The number of rotatable bonds is 2. The summed E-state index contributed by atoms with van der Waals surface area (Å²) in [5, 5.41) is 0. The normalized spacial score (nSPS) is 27.3.